The lowest BCUT2D eigenvalue weighted by Crippen LogP contribution is -2.36. The third kappa shape index (κ3) is 3.14. The molecule has 1 saturated heterocycles. The summed E-state index contributed by atoms with van der Waals surface area (Å²) < 4.78 is 22.9. The number of nitrogens with one attached hydrogen (secondary N) is 1. The number of rotatable bonds is 3. The second kappa shape index (κ2) is 5.57. The summed E-state index contributed by atoms with van der Waals surface area (Å²) in [6.45, 7) is 0. The van der Waals surface area contributed by atoms with Crippen molar-refractivity contribution in [2.75, 3.05) is 11.5 Å². The van der Waals surface area contributed by atoms with Gasteiger partial charge >= 0.3 is 0 Å². The number of hydrogen-bond donors (Lipinski definition) is 1. The van der Waals surface area contributed by atoms with Gasteiger partial charge in [-0.05, 0) is 12.0 Å². The fourth-order valence-corrected chi connectivity index (χ4v) is 4.83. The second-order valence-electron chi connectivity index (χ2n) is 4.97. The molecule has 1 atom stereocenters. The highest BCUT2D eigenvalue weighted by Gasteiger charge is 2.30. The summed E-state index contributed by atoms with van der Waals surface area (Å²) in [7, 11) is -3.00. The second-order valence-corrected chi connectivity index (χ2v) is 8.05. The van der Waals surface area contributed by atoms with Gasteiger partial charge in [-0.2, -0.15) is 0 Å². The minimum Gasteiger partial charge on any atom is -0.347 e. The summed E-state index contributed by atoms with van der Waals surface area (Å²) in [5.41, 5.74) is 2.92. The lowest BCUT2D eigenvalue weighted by molar-refractivity contribution is 0.0937. The largest absolute Gasteiger partial charge is 0.347 e. The number of carbonyl (C=O) groups is 1. The van der Waals surface area contributed by atoms with E-state index in [0.29, 0.717) is 12.1 Å². The SMILES string of the molecule is O=C(NC1CCS(=O)(=O)C1)c1ncsc1-c1ccccc1. The molecule has 1 unspecified atom stereocenters. The normalized spacial score (nSPS) is 20.3. The maximum Gasteiger partial charge on any atom is 0.271 e. The van der Waals surface area contributed by atoms with E-state index < -0.39 is 9.84 Å². The lowest BCUT2D eigenvalue weighted by Gasteiger charge is -2.10. The molecule has 1 aromatic heterocycles. The number of hydrogen-bond acceptors (Lipinski definition) is 5. The van der Waals surface area contributed by atoms with E-state index in [1.54, 1.807) is 5.51 Å². The average Bonchev–Trinajstić information content (AvgIpc) is 3.06. The summed E-state index contributed by atoms with van der Waals surface area (Å²) >= 11 is 1.40. The van der Waals surface area contributed by atoms with Crippen molar-refractivity contribution in [3.05, 3.63) is 41.5 Å². The van der Waals surface area contributed by atoms with E-state index in [1.165, 1.54) is 11.3 Å². The highest BCUT2D eigenvalue weighted by molar-refractivity contribution is 7.91. The molecule has 7 heteroatoms. The quantitative estimate of drug-likeness (QED) is 0.933. The van der Waals surface area contributed by atoms with E-state index in [9.17, 15) is 13.2 Å². The number of thiazole rings is 1. The van der Waals surface area contributed by atoms with Gasteiger partial charge in [-0.15, -0.1) is 11.3 Å². The molecule has 0 radical (unpaired) electrons. The Hall–Kier alpha value is -1.73. The fraction of sp³-hybridized carbons (Fsp3) is 0.286. The van der Waals surface area contributed by atoms with Crippen LogP contribution in [0.5, 0.6) is 0 Å². The van der Waals surface area contributed by atoms with Crippen LogP contribution < -0.4 is 5.32 Å². The van der Waals surface area contributed by atoms with Gasteiger partial charge in [0.1, 0.15) is 5.69 Å². The van der Waals surface area contributed by atoms with Gasteiger partial charge < -0.3 is 5.32 Å². The van der Waals surface area contributed by atoms with Crippen molar-refractivity contribution >= 4 is 27.1 Å². The molecule has 3 rings (SSSR count). The molecular formula is C14H14N2O3S2. The molecule has 1 amide bonds. The molecular weight excluding hydrogens is 308 g/mol. The van der Waals surface area contributed by atoms with E-state index in [2.05, 4.69) is 10.3 Å². The molecule has 1 aliphatic rings. The minimum absolute atomic E-state index is 0.0174. The molecule has 2 heterocycles. The molecule has 0 spiro atoms. The maximum absolute atomic E-state index is 12.3. The van der Waals surface area contributed by atoms with Crippen LogP contribution >= 0.6 is 11.3 Å². The highest BCUT2D eigenvalue weighted by Crippen LogP contribution is 2.27. The number of aromatic nitrogens is 1. The predicted molar refractivity (Wildman–Crippen MR) is 82.1 cm³/mol. The van der Waals surface area contributed by atoms with E-state index in [-0.39, 0.29) is 23.5 Å². The third-order valence-corrected chi connectivity index (χ3v) is 6.03. The Balaban J connectivity index is 1.79. The summed E-state index contributed by atoms with van der Waals surface area (Å²) in [6.07, 6.45) is 0.471. The van der Waals surface area contributed by atoms with Crippen molar-refractivity contribution in [3.8, 4) is 10.4 Å². The van der Waals surface area contributed by atoms with Gasteiger partial charge in [0.25, 0.3) is 5.91 Å². The molecule has 1 fully saturated rings. The highest BCUT2D eigenvalue weighted by atomic mass is 32.2. The molecule has 1 N–H and O–H groups in total. The Morgan fingerprint density at radius 2 is 2.05 bits per heavy atom. The van der Waals surface area contributed by atoms with E-state index in [0.717, 1.165) is 10.4 Å². The summed E-state index contributed by atoms with van der Waals surface area (Å²) in [6, 6.07) is 9.25. The lowest BCUT2D eigenvalue weighted by atomic mass is 10.1. The smallest absolute Gasteiger partial charge is 0.271 e. The van der Waals surface area contributed by atoms with Crippen LogP contribution in [0.25, 0.3) is 10.4 Å². The number of nitrogens with zero attached hydrogens (tertiary/aromatic N) is 1. The Bertz CT molecular complexity index is 754. The van der Waals surface area contributed by atoms with Gasteiger partial charge in [0.15, 0.2) is 9.84 Å². The molecule has 21 heavy (non-hydrogen) atoms. The zero-order chi connectivity index (χ0) is 14.9. The van der Waals surface area contributed by atoms with E-state index >= 15 is 0 Å². The summed E-state index contributed by atoms with van der Waals surface area (Å²) in [4.78, 5) is 17.2. The Morgan fingerprint density at radius 1 is 1.29 bits per heavy atom. The Morgan fingerprint density at radius 3 is 2.71 bits per heavy atom. The van der Waals surface area contributed by atoms with Crippen LogP contribution in [0.3, 0.4) is 0 Å². The van der Waals surface area contributed by atoms with Crippen LogP contribution in [0, 0.1) is 0 Å². The van der Waals surface area contributed by atoms with E-state index in [1.807, 2.05) is 30.3 Å². The van der Waals surface area contributed by atoms with Crippen molar-refractivity contribution < 1.29 is 13.2 Å². The number of carbonyl (C=O) groups excluding carboxylic acids is 1. The molecule has 2 aromatic rings. The summed E-state index contributed by atoms with van der Waals surface area (Å²) in [5, 5.41) is 2.77. The third-order valence-electron chi connectivity index (χ3n) is 3.39. The minimum atomic E-state index is -3.00. The van der Waals surface area contributed by atoms with Gasteiger partial charge in [-0.1, -0.05) is 30.3 Å². The first-order chi connectivity index (χ1) is 10.1. The van der Waals surface area contributed by atoms with Gasteiger partial charge in [0, 0.05) is 6.04 Å². The van der Waals surface area contributed by atoms with Gasteiger partial charge in [-0.3, -0.25) is 4.79 Å². The number of sulfone groups is 1. The first-order valence-electron chi connectivity index (χ1n) is 6.55. The first kappa shape index (κ1) is 14.2. The van der Waals surface area contributed by atoms with Crippen LogP contribution in [0.1, 0.15) is 16.9 Å². The summed E-state index contributed by atoms with van der Waals surface area (Å²) in [5.74, 6) is -0.151. The van der Waals surface area contributed by atoms with Gasteiger partial charge in [0.2, 0.25) is 0 Å². The molecule has 1 aromatic carbocycles. The van der Waals surface area contributed by atoms with Crippen molar-refractivity contribution in [1.29, 1.82) is 0 Å². The standard InChI is InChI=1S/C14H14N2O3S2/c17-14(16-11-6-7-21(18,19)8-11)12-13(20-9-15-12)10-4-2-1-3-5-10/h1-5,9,11H,6-8H2,(H,16,17). The molecule has 0 aliphatic carbocycles. The zero-order valence-electron chi connectivity index (χ0n) is 11.2. The van der Waals surface area contributed by atoms with Crippen molar-refractivity contribution in [1.82, 2.24) is 10.3 Å². The van der Waals surface area contributed by atoms with Crippen molar-refractivity contribution in [2.24, 2.45) is 0 Å². The average molecular weight is 322 g/mol. The van der Waals surface area contributed by atoms with Crippen LogP contribution in [0.4, 0.5) is 0 Å². The zero-order valence-corrected chi connectivity index (χ0v) is 12.8. The van der Waals surface area contributed by atoms with Crippen LogP contribution in [0.15, 0.2) is 35.8 Å². The molecule has 1 aliphatic heterocycles. The topological polar surface area (TPSA) is 76.1 Å². The first-order valence-corrected chi connectivity index (χ1v) is 9.25. The predicted octanol–water partition coefficient (Wildman–Crippen LogP) is 1.73. The molecule has 0 saturated carbocycles. The van der Waals surface area contributed by atoms with E-state index in [4.69, 9.17) is 0 Å². The Kier molecular flexibility index (Phi) is 3.77. The monoisotopic (exact) mass is 322 g/mol. The van der Waals surface area contributed by atoms with Gasteiger partial charge in [0.05, 0.1) is 21.9 Å². The number of amides is 1. The maximum atomic E-state index is 12.3. The Labute approximate surface area is 127 Å². The molecule has 110 valence electrons. The fourth-order valence-electron chi connectivity index (χ4n) is 2.36. The molecule has 5 nitrogen and oxygen atoms in total. The van der Waals surface area contributed by atoms with Crippen LogP contribution in [0.2, 0.25) is 0 Å². The van der Waals surface area contributed by atoms with Crippen molar-refractivity contribution in [2.45, 2.75) is 12.5 Å². The van der Waals surface area contributed by atoms with Crippen molar-refractivity contribution in [3.63, 3.8) is 0 Å². The number of benzene rings is 1. The van der Waals surface area contributed by atoms with Crippen LogP contribution in [-0.2, 0) is 9.84 Å². The van der Waals surface area contributed by atoms with Gasteiger partial charge in [-0.25, -0.2) is 13.4 Å². The van der Waals surface area contributed by atoms with Crippen LogP contribution in [-0.4, -0.2) is 36.9 Å². The molecule has 0 bridgehead atoms.